The second kappa shape index (κ2) is 7.92. The van der Waals surface area contributed by atoms with E-state index in [-0.39, 0.29) is 5.78 Å². The Morgan fingerprint density at radius 2 is 1.70 bits per heavy atom. The Labute approximate surface area is 163 Å². The van der Waals surface area contributed by atoms with Crippen LogP contribution in [-0.2, 0) is 0 Å². The third-order valence-corrected chi connectivity index (χ3v) is 5.96. The van der Waals surface area contributed by atoms with Crippen molar-refractivity contribution in [3.05, 3.63) is 65.0 Å². The topological polar surface area (TPSA) is 42.4 Å². The van der Waals surface area contributed by atoms with Crippen LogP contribution in [-0.4, -0.2) is 31.0 Å². The summed E-state index contributed by atoms with van der Waals surface area (Å²) in [5, 5.41) is 0.944. The number of hydrogen-bond acceptors (Lipinski definition) is 5. The molecule has 5 heteroatoms. The van der Waals surface area contributed by atoms with Crippen molar-refractivity contribution >= 4 is 22.3 Å². The molecule has 3 aromatic rings. The normalized spacial score (nSPS) is 14.2. The minimum Gasteiger partial charge on any atom is -0.497 e. The smallest absolute Gasteiger partial charge is 0.205 e. The van der Waals surface area contributed by atoms with Gasteiger partial charge in [-0.1, -0.05) is 41.7 Å². The van der Waals surface area contributed by atoms with Crippen LogP contribution >= 0.6 is 11.3 Å². The number of rotatable bonds is 5. The number of ketones is 1. The number of methoxy groups -OCH3 is 1. The average Bonchev–Trinajstić information content (AvgIpc) is 3.20. The quantitative estimate of drug-likeness (QED) is 0.583. The molecule has 1 aliphatic rings. The van der Waals surface area contributed by atoms with Crippen LogP contribution in [0.2, 0.25) is 0 Å². The molecule has 2 heterocycles. The van der Waals surface area contributed by atoms with Gasteiger partial charge in [-0.15, -0.1) is 0 Å². The summed E-state index contributed by atoms with van der Waals surface area (Å²) in [5.41, 5.74) is 2.40. The molecule has 0 atom stereocenters. The van der Waals surface area contributed by atoms with Crippen LogP contribution in [0.25, 0.3) is 11.3 Å². The molecule has 138 valence electrons. The molecule has 1 aliphatic heterocycles. The van der Waals surface area contributed by atoms with E-state index in [2.05, 4.69) is 4.90 Å². The molecular formula is C22H22N2O2S. The van der Waals surface area contributed by atoms with E-state index < -0.39 is 0 Å². The van der Waals surface area contributed by atoms with Crippen molar-refractivity contribution in [2.45, 2.75) is 19.3 Å². The number of carbonyl (C=O) groups is 1. The van der Waals surface area contributed by atoms with Gasteiger partial charge in [0.05, 0.1) is 12.8 Å². The van der Waals surface area contributed by atoms with Gasteiger partial charge in [0, 0.05) is 24.2 Å². The number of ether oxygens (including phenoxy) is 1. The van der Waals surface area contributed by atoms with Crippen LogP contribution < -0.4 is 9.64 Å². The number of anilines is 1. The molecule has 0 spiro atoms. The van der Waals surface area contributed by atoms with E-state index in [0.29, 0.717) is 10.4 Å². The number of aromatic nitrogens is 1. The van der Waals surface area contributed by atoms with Gasteiger partial charge in [-0.05, 0) is 43.5 Å². The van der Waals surface area contributed by atoms with Crippen LogP contribution in [0, 0.1) is 0 Å². The highest BCUT2D eigenvalue weighted by Gasteiger charge is 2.24. The fourth-order valence-electron chi connectivity index (χ4n) is 3.35. The first-order valence-corrected chi connectivity index (χ1v) is 10.1. The number of nitrogens with zero attached hydrogens (tertiary/aromatic N) is 2. The van der Waals surface area contributed by atoms with E-state index in [4.69, 9.17) is 9.72 Å². The highest BCUT2D eigenvalue weighted by molar-refractivity contribution is 7.18. The molecule has 1 fully saturated rings. The first-order valence-electron chi connectivity index (χ1n) is 9.26. The largest absolute Gasteiger partial charge is 0.497 e. The zero-order valence-corrected chi connectivity index (χ0v) is 16.2. The molecule has 0 N–H and O–H groups in total. The van der Waals surface area contributed by atoms with Crippen molar-refractivity contribution in [1.82, 2.24) is 4.98 Å². The number of benzene rings is 2. The molecule has 0 unspecified atom stereocenters. The third-order valence-electron chi connectivity index (χ3n) is 4.85. The molecule has 4 rings (SSSR count). The van der Waals surface area contributed by atoms with Gasteiger partial charge in [0.25, 0.3) is 0 Å². The maximum atomic E-state index is 13.2. The molecule has 1 saturated heterocycles. The Hall–Kier alpha value is -2.66. The second-order valence-corrected chi connectivity index (χ2v) is 7.62. The molecule has 0 amide bonds. The fourth-order valence-corrected chi connectivity index (χ4v) is 4.45. The van der Waals surface area contributed by atoms with Gasteiger partial charge >= 0.3 is 0 Å². The summed E-state index contributed by atoms with van der Waals surface area (Å²) in [4.78, 5) is 21.1. The molecule has 2 aromatic carbocycles. The van der Waals surface area contributed by atoms with Crippen LogP contribution in [0.3, 0.4) is 0 Å². The predicted molar refractivity (Wildman–Crippen MR) is 110 cm³/mol. The van der Waals surface area contributed by atoms with E-state index in [1.807, 2.05) is 54.6 Å². The Balaban J connectivity index is 1.77. The number of carbonyl (C=O) groups excluding carboxylic acids is 1. The SMILES string of the molecule is COc1ccc(-c2nc(N3CCCCC3)sc2C(=O)c2ccccc2)cc1. The molecule has 1 aromatic heterocycles. The van der Waals surface area contributed by atoms with E-state index in [0.717, 1.165) is 35.2 Å². The van der Waals surface area contributed by atoms with Gasteiger partial charge in [-0.2, -0.15) is 0 Å². The van der Waals surface area contributed by atoms with Crippen molar-refractivity contribution in [1.29, 1.82) is 0 Å². The van der Waals surface area contributed by atoms with Crippen molar-refractivity contribution < 1.29 is 9.53 Å². The van der Waals surface area contributed by atoms with E-state index in [1.165, 1.54) is 30.6 Å². The van der Waals surface area contributed by atoms with Crippen molar-refractivity contribution in [3.8, 4) is 17.0 Å². The predicted octanol–water partition coefficient (Wildman–Crippen LogP) is 5.04. The van der Waals surface area contributed by atoms with Gasteiger partial charge < -0.3 is 9.64 Å². The Morgan fingerprint density at radius 1 is 1.00 bits per heavy atom. The monoisotopic (exact) mass is 378 g/mol. The minimum atomic E-state index is 0.0298. The summed E-state index contributed by atoms with van der Waals surface area (Å²) >= 11 is 1.51. The van der Waals surface area contributed by atoms with Gasteiger partial charge in [0.1, 0.15) is 10.6 Å². The fraction of sp³-hybridized carbons (Fsp3) is 0.273. The van der Waals surface area contributed by atoms with Crippen LogP contribution in [0.5, 0.6) is 5.75 Å². The number of hydrogen-bond donors (Lipinski definition) is 0. The van der Waals surface area contributed by atoms with Crippen LogP contribution in [0.15, 0.2) is 54.6 Å². The zero-order valence-electron chi connectivity index (χ0n) is 15.4. The summed E-state index contributed by atoms with van der Waals surface area (Å²) in [6.45, 7) is 2.02. The van der Waals surface area contributed by atoms with E-state index >= 15 is 0 Å². The molecule has 0 aliphatic carbocycles. The lowest BCUT2D eigenvalue weighted by atomic mass is 10.1. The zero-order chi connectivity index (χ0) is 18.6. The summed E-state index contributed by atoms with van der Waals surface area (Å²) < 4.78 is 5.26. The highest BCUT2D eigenvalue weighted by atomic mass is 32.1. The van der Waals surface area contributed by atoms with E-state index in [1.54, 1.807) is 7.11 Å². The summed E-state index contributed by atoms with van der Waals surface area (Å²) in [6.07, 6.45) is 3.63. The Kier molecular flexibility index (Phi) is 5.21. The standard InChI is InChI=1S/C22H22N2O2S/c1-26-18-12-10-16(11-13-18)19-21(20(25)17-8-4-2-5-9-17)27-22(23-19)24-14-6-3-7-15-24/h2,4-5,8-13H,3,6-7,14-15H2,1H3. The molecule has 0 saturated carbocycles. The van der Waals surface area contributed by atoms with Gasteiger partial charge in [-0.25, -0.2) is 4.98 Å². The molecule has 0 radical (unpaired) electrons. The average molecular weight is 378 g/mol. The number of piperidine rings is 1. The molecular weight excluding hydrogens is 356 g/mol. The lowest BCUT2D eigenvalue weighted by molar-refractivity contribution is 0.104. The molecule has 27 heavy (non-hydrogen) atoms. The van der Waals surface area contributed by atoms with Crippen molar-refractivity contribution in [2.24, 2.45) is 0 Å². The van der Waals surface area contributed by atoms with Crippen molar-refractivity contribution in [2.75, 3.05) is 25.1 Å². The Morgan fingerprint density at radius 3 is 2.37 bits per heavy atom. The summed E-state index contributed by atoms with van der Waals surface area (Å²) in [7, 11) is 1.65. The molecule has 4 nitrogen and oxygen atoms in total. The second-order valence-electron chi connectivity index (χ2n) is 6.65. The van der Waals surface area contributed by atoms with E-state index in [9.17, 15) is 4.79 Å². The molecule has 0 bridgehead atoms. The Bertz CT molecular complexity index is 913. The van der Waals surface area contributed by atoms with Gasteiger partial charge in [0.2, 0.25) is 5.78 Å². The lowest BCUT2D eigenvalue weighted by Gasteiger charge is -2.25. The maximum absolute atomic E-state index is 13.2. The first-order chi connectivity index (χ1) is 13.3. The number of thiazole rings is 1. The summed E-state index contributed by atoms with van der Waals surface area (Å²) in [6, 6.07) is 17.2. The van der Waals surface area contributed by atoms with Crippen LogP contribution in [0.1, 0.15) is 34.5 Å². The minimum absolute atomic E-state index is 0.0298. The lowest BCUT2D eigenvalue weighted by Crippen LogP contribution is -2.29. The van der Waals surface area contributed by atoms with Crippen LogP contribution in [0.4, 0.5) is 5.13 Å². The third kappa shape index (κ3) is 3.74. The highest BCUT2D eigenvalue weighted by Crippen LogP contribution is 2.36. The van der Waals surface area contributed by atoms with Crippen molar-refractivity contribution in [3.63, 3.8) is 0 Å². The van der Waals surface area contributed by atoms with Gasteiger partial charge in [0.15, 0.2) is 5.13 Å². The maximum Gasteiger partial charge on any atom is 0.205 e. The first kappa shape index (κ1) is 17.7. The van der Waals surface area contributed by atoms with Gasteiger partial charge in [-0.3, -0.25) is 4.79 Å². The summed E-state index contributed by atoms with van der Waals surface area (Å²) in [5.74, 6) is 0.823.